The van der Waals surface area contributed by atoms with Crippen LogP contribution in [0.2, 0.25) is 0 Å². The monoisotopic (exact) mass is 560 g/mol. The number of carbonyl (C=O) groups is 2. The fourth-order valence-electron chi connectivity index (χ4n) is 6.44. The van der Waals surface area contributed by atoms with Crippen molar-refractivity contribution in [2.24, 2.45) is 0 Å². The first kappa shape index (κ1) is 29.8. The molecule has 0 radical (unpaired) electrons. The van der Waals surface area contributed by atoms with Crippen molar-refractivity contribution >= 4 is 30.0 Å². The summed E-state index contributed by atoms with van der Waals surface area (Å²) in [5.41, 5.74) is 4.01. The highest BCUT2D eigenvalue weighted by Crippen LogP contribution is 2.48. The van der Waals surface area contributed by atoms with Crippen molar-refractivity contribution in [2.45, 2.75) is 56.8 Å². The van der Waals surface area contributed by atoms with Crippen LogP contribution in [0.4, 0.5) is 5.69 Å². The maximum atomic E-state index is 14.4. The largest absolute Gasteiger partial charge is 0.466 e. The summed E-state index contributed by atoms with van der Waals surface area (Å²) in [6, 6.07) is 29.6. The molecule has 0 bridgehead atoms. The number of piperidine rings is 1. The van der Waals surface area contributed by atoms with Gasteiger partial charge in [-0.25, -0.2) is 0 Å². The van der Waals surface area contributed by atoms with E-state index in [0.717, 1.165) is 75.0 Å². The molecule has 1 amide bonds. The van der Waals surface area contributed by atoms with Crippen molar-refractivity contribution < 1.29 is 14.3 Å². The molecule has 212 valence electrons. The molecular weight excluding hydrogens is 520 g/mol. The van der Waals surface area contributed by atoms with Crippen LogP contribution >= 0.6 is 12.4 Å². The van der Waals surface area contributed by atoms with Crippen molar-refractivity contribution in [3.63, 3.8) is 0 Å². The molecule has 0 aromatic heterocycles. The molecule has 40 heavy (non-hydrogen) atoms. The summed E-state index contributed by atoms with van der Waals surface area (Å²) in [6.45, 7) is 5.57. The third kappa shape index (κ3) is 6.42. The number of anilines is 1. The number of unbranched alkanes of at least 4 members (excludes halogenated alkanes) is 2. The molecule has 5 nitrogen and oxygen atoms in total. The van der Waals surface area contributed by atoms with Gasteiger partial charge in [0.2, 0.25) is 5.91 Å². The van der Waals surface area contributed by atoms with Crippen molar-refractivity contribution in [2.75, 3.05) is 37.7 Å². The molecule has 0 saturated carbocycles. The predicted molar refractivity (Wildman–Crippen MR) is 163 cm³/mol. The van der Waals surface area contributed by atoms with Gasteiger partial charge < -0.3 is 14.5 Å². The van der Waals surface area contributed by atoms with Gasteiger partial charge in [-0.05, 0) is 86.8 Å². The Morgan fingerprint density at radius 3 is 2.20 bits per heavy atom. The number of carbonyl (C=O) groups excluding carboxylic acids is 2. The Hall–Kier alpha value is -3.15. The Balaban J connectivity index is 0.00000370. The molecular formula is C34H41ClN2O3. The number of nitrogens with zero attached hydrogens (tertiary/aromatic N) is 2. The van der Waals surface area contributed by atoms with E-state index in [1.807, 2.05) is 17.0 Å². The first-order valence-electron chi connectivity index (χ1n) is 14.5. The van der Waals surface area contributed by atoms with E-state index < -0.39 is 5.41 Å². The number of benzene rings is 3. The number of para-hydroxylation sites is 1. The van der Waals surface area contributed by atoms with E-state index in [1.54, 1.807) is 0 Å². The van der Waals surface area contributed by atoms with Gasteiger partial charge in [0, 0.05) is 19.2 Å². The average Bonchev–Trinajstić information content (AvgIpc) is 3.22. The SMILES string of the molecule is CC(=O)OCCCCCN1C(=O)C(CCN2CCC(c3ccccc3)CC2)(c2ccccc2)c2ccccc21.Cl. The van der Waals surface area contributed by atoms with Gasteiger partial charge in [0.15, 0.2) is 0 Å². The number of hydrogen-bond acceptors (Lipinski definition) is 4. The zero-order valence-corrected chi connectivity index (χ0v) is 24.3. The molecule has 6 heteroatoms. The molecule has 0 aliphatic carbocycles. The maximum absolute atomic E-state index is 14.4. The van der Waals surface area contributed by atoms with E-state index in [2.05, 4.69) is 77.7 Å². The van der Waals surface area contributed by atoms with Crippen molar-refractivity contribution in [1.29, 1.82) is 0 Å². The van der Waals surface area contributed by atoms with Gasteiger partial charge >= 0.3 is 5.97 Å². The van der Waals surface area contributed by atoms with Gasteiger partial charge in [0.1, 0.15) is 5.41 Å². The van der Waals surface area contributed by atoms with Crippen LogP contribution in [0.5, 0.6) is 0 Å². The van der Waals surface area contributed by atoms with Crippen LogP contribution in [-0.4, -0.2) is 49.6 Å². The van der Waals surface area contributed by atoms with Crippen LogP contribution in [-0.2, 0) is 19.7 Å². The van der Waals surface area contributed by atoms with E-state index in [-0.39, 0.29) is 24.3 Å². The Bertz CT molecular complexity index is 1240. The second kappa shape index (κ2) is 14.0. The van der Waals surface area contributed by atoms with Gasteiger partial charge in [0.25, 0.3) is 0 Å². The number of amides is 1. The van der Waals surface area contributed by atoms with Crippen molar-refractivity contribution in [3.8, 4) is 0 Å². The fraction of sp³-hybridized carbons (Fsp3) is 0.412. The molecule has 3 aromatic carbocycles. The predicted octanol–water partition coefficient (Wildman–Crippen LogP) is 6.74. The summed E-state index contributed by atoms with van der Waals surface area (Å²) < 4.78 is 5.08. The molecule has 0 N–H and O–H groups in total. The molecule has 2 aliphatic rings. The molecule has 0 spiro atoms. The van der Waals surface area contributed by atoms with Crippen LogP contribution in [0.25, 0.3) is 0 Å². The van der Waals surface area contributed by atoms with Crippen LogP contribution < -0.4 is 4.90 Å². The molecule has 1 fully saturated rings. The van der Waals surface area contributed by atoms with Gasteiger partial charge in [-0.2, -0.15) is 0 Å². The summed E-state index contributed by atoms with van der Waals surface area (Å²) in [5, 5.41) is 0. The number of fused-ring (bicyclic) bond motifs is 1. The van der Waals surface area contributed by atoms with E-state index >= 15 is 0 Å². The minimum Gasteiger partial charge on any atom is -0.466 e. The zero-order valence-electron chi connectivity index (χ0n) is 23.5. The van der Waals surface area contributed by atoms with Gasteiger partial charge in [0.05, 0.1) is 6.61 Å². The van der Waals surface area contributed by atoms with Crippen LogP contribution in [0.15, 0.2) is 84.9 Å². The van der Waals surface area contributed by atoms with Crippen molar-refractivity contribution in [3.05, 3.63) is 102 Å². The van der Waals surface area contributed by atoms with E-state index in [4.69, 9.17) is 4.74 Å². The topological polar surface area (TPSA) is 49.9 Å². The number of hydrogen-bond donors (Lipinski definition) is 0. The Morgan fingerprint density at radius 2 is 1.50 bits per heavy atom. The molecule has 3 aromatic rings. The van der Waals surface area contributed by atoms with E-state index in [9.17, 15) is 9.59 Å². The molecule has 1 atom stereocenters. The average molecular weight is 561 g/mol. The molecule has 1 unspecified atom stereocenters. The molecule has 2 aliphatic heterocycles. The number of esters is 1. The standard InChI is InChI=1S/C34H40N2O3.ClH/c1-27(37)39-26-12-4-11-22-36-32-18-10-9-17-31(32)34(33(36)38,30-15-7-3-8-16-30)21-25-35-23-19-29(20-24-35)28-13-5-2-6-14-28;/h2-3,5-10,13-18,29H,4,11-12,19-26H2,1H3;1H. The number of likely N-dealkylation sites (tertiary alicyclic amines) is 1. The molecule has 5 rings (SSSR count). The third-order valence-electron chi connectivity index (χ3n) is 8.52. The quantitative estimate of drug-likeness (QED) is 0.192. The van der Waals surface area contributed by atoms with Crippen molar-refractivity contribution in [1.82, 2.24) is 4.90 Å². The Kier molecular flexibility index (Phi) is 10.4. The second-order valence-electron chi connectivity index (χ2n) is 10.9. The molecule has 1 saturated heterocycles. The Morgan fingerprint density at radius 1 is 0.850 bits per heavy atom. The lowest BCUT2D eigenvalue weighted by Crippen LogP contribution is -2.45. The summed E-state index contributed by atoms with van der Waals surface area (Å²) in [5.74, 6) is 0.570. The van der Waals surface area contributed by atoms with Crippen LogP contribution in [0.1, 0.15) is 68.1 Å². The summed E-state index contributed by atoms with van der Waals surface area (Å²) in [7, 11) is 0. The lowest BCUT2D eigenvalue weighted by atomic mass is 9.72. The normalized spacial score (nSPS) is 19.2. The smallest absolute Gasteiger partial charge is 0.302 e. The lowest BCUT2D eigenvalue weighted by Gasteiger charge is -2.36. The lowest BCUT2D eigenvalue weighted by molar-refractivity contribution is -0.141. The highest BCUT2D eigenvalue weighted by molar-refractivity contribution is 6.10. The van der Waals surface area contributed by atoms with Gasteiger partial charge in [-0.3, -0.25) is 9.59 Å². The van der Waals surface area contributed by atoms with Crippen LogP contribution in [0.3, 0.4) is 0 Å². The van der Waals surface area contributed by atoms with Gasteiger partial charge in [-0.1, -0.05) is 78.9 Å². The van der Waals surface area contributed by atoms with E-state index in [1.165, 1.54) is 12.5 Å². The number of rotatable bonds is 11. The summed E-state index contributed by atoms with van der Waals surface area (Å²) >= 11 is 0. The number of halogens is 1. The Labute approximate surface area is 244 Å². The first-order valence-corrected chi connectivity index (χ1v) is 14.5. The zero-order chi connectivity index (χ0) is 27.1. The minimum absolute atomic E-state index is 0. The maximum Gasteiger partial charge on any atom is 0.302 e. The third-order valence-corrected chi connectivity index (χ3v) is 8.52. The second-order valence-corrected chi connectivity index (χ2v) is 10.9. The van der Waals surface area contributed by atoms with Gasteiger partial charge in [-0.15, -0.1) is 12.4 Å². The molecule has 2 heterocycles. The number of ether oxygens (including phenoxy) is 1. The highest BCUT2D eigenvalue weighted by Gasteiger charge is 2.51. The highest BCUT2D eigenvalue weighted by atomic mass is 35.5. The summed E-state index contributed by atoms with van der Waals surface area (Å²) in [6.07, 6.45) is 5.68. The van der Waals surface area contributed by atoms with E-state index in [0.29, 0.717) is 19.1 Å². The first-order chi connectivity index (χ1) is 19.1. The fourth-order valence-corrected chi connectivity index (χ4v) is 6.44. The van der Waals surface area contributed by atoms with Crippen LogP contribution in [0, 0.1) is 0 Å². The minimum atomic E-state index is -0.675. The summed E-state index contributed by atoms with van der Waals surface area (Å²) in [4.78, 5) is 30.1.